The average molecular weight is 333 g/mol. The predicted octanol–water partition coefficient (Wildman–Crippen LogP) is 2.71. The number of ether oxygens (including phenoxy) is 1. The maximum atomic E-state index is 13.3. The Morgan fingerprint density at radius 3 is 2.73 bits per heavy atom. The Hall–Kier alpha value is -0.630. The normalized spacial score (nSPS) is 19.5. The topological polar surface area (TPSA) is 37.4 Å². The van der Waals surface area contributed by atoms with Crippen LogP contribution < -0.4 is 5.32 Å². The molecule has 1 aliphatic heterocycles. The summed E-state index contributed by atoms with van der Waals surface area (Å²) in [5.74, 6) is 0. The second-order valence-corrected chi connectivity index (χ2v) is 6.48. The molecule has 0 spiro atoms. The van der Waals surface area contributed by atoms with E-state index in [1.54, 1.807) is 11.3 Å². The van der Waals surface area contributed by atoms with Gasteiger partial charge in [0.15, 0.2) is 0 Å². The van der Waals surface area contributed by atoms with Crippen molar-refractivity contribution in [2.75, 3.05) is 32.8 Å². The van der Waals surface area contributed by atoms with Crippen LogP contribution in [0.25, 0.3) is 0 Å². The highest BCUT2D eigenvalue weighted by Crippen LogP contribution is 2.18. The van der Waals surface area contributed by atoms with Gasteiger partial charge in [0.2, 0.25) is 0 Å². The summed E-state index contributed by atoms with van der Waals surface area (Å²) in [6.45, 7) is 6.95. The molecule has 2 unspecified atom stereocenters. The number of aryl methyl sites for hydroxylation is 1. The molecule has 7 heteroatoms. The number of alkyl halides is 2. The fraction of sp³-hybridized carbons (Fsp3) is 0.800. The van der Waals surface area contributed by atoms with Crippen molar-refractivity contribution in [3.63, 3.8) is 0 Å². The smallest absolute Gasteiger partial charge is 0.253 e. The first kappa shape index (κ1) is 17.7. The molecule has 1 fully saturated rings. The third-order valence-electron chi connectivity index (χ3n) is 4.01. The van der Waals surface area contributed by atoms with Gasteiger partial charge in [-0.2, -0.15) is 0 Å². The highest BCUT2D eigenvalue weighted by atomic mass is 32.1. The number of thiazole rings is 1. The zero-order chi connectivity index (χ0) is 15.9. The van der Waals surface area contributed by atoms with Crippen LogP contribution in [0.5, 0.6) is 0 Å². The lowest BCUT2D eigenvalue weighted by atomic mass is 10.1. The van der Waals surface area contributed by atoms with Crippen LogP contribution in [0.2, 0.25) is 0 Å². The van der Waals surface area contributed by atoms with Crippen molar-refractivity contribution in [3.8, 4) is 0 Å². The average Bonchev–Trinajstić information content (AvgIpc) is 3.01. The van der Waals surface area contributed by atoms with Gasteiger partial charge in [0.1, 0.15) is 0 Å². The number of hydrogen-bond donors (Lipinski definition) is 1. The molecule has 126 valence electrons. The summed E-state index contributed by atoms with van der Waals surface area (Å²) in [7, 11) is 0. The number of halogens is 2. The number of rotatable bonds is 8. The SMILES string of the molecule is CCc1nc(C(C)NCCC(C(F)F)N2CCOCC2)cs1. The first-order valence-electron chi connectivity index (χ1n) is 7.89. The maximum Gasteiger partial charge on any atom is 0.253 e. The first-order valence-corrected chi connectivity index (χ1v) is 8.77. The standard InChI is InChI=1S/C15H25F2N3OS/c1-3-14-19-12(10-22-14)11(2)18-5-4-13(15(16)17)20-6-8-21-9-7-20/h10-11,13,15,18H,3-9H2,1-2H3. The molecule has 4 nitrogen and oxygen atoms in total. The molecule has 2 atom stereocenters. The van der Waals surface area contributed by atoms with E-state index in [0.717, 1.165) is 17.1 Å². The fourth-order valence-electron chi connectivity index (χ4n) is 2.62. The van der Waals surface area contributed by atoms with E-state index < -0.39 is 12.5 Å². The van der Waals surface area contributed by atoms with Crippen molar-refractivity contribution in [2.24, 2.45) is 0 Å². The molecule has 1 aromatic rings. The Bertz CT molecular complexity index is 438. The lowest BCUT2D eigenvalue weighted by Gasteiger charge is -2.34. The summed E-state index contributed by atoms with van der Waals surface area (Å²) in [6.07, 6.45) is -0.949. The summed E-state index contributed by atoms with van der Waals surface area (Å²) in [5.41, 5.74) is 1.00. The van der Waals surface area contributed by atoms with Crippen molar-refractivity contribution < 1.29 is 13.5 Å². The van der Waals surface area contributed by atoms with Gasteiger partial charge in [0.25, 0.3) is 6.43 Å². The molecular weight excluding hydrogens is 308 g/mol. The molecule has 2 rings (SSSR count). The monoisotopic (exact) mass is 333 g/mol. The summed E-state index contributed by atoms with van der Waals surface area (Å²) < 4.78 is 31.8. The molecule has 0 radical (unpaired) electrons. The molecule has 0 aliphatic carbocycles. The van der Waals surface area contributed by atoms with Crippen LogP contribution in [0.4, 0.5) is 8.78 Å². The maximum absolute atomic E-state index is 13.3. The fourth-order valence-corrected chi connectivity index (χ4v) is 3.45. The summed E-state index contributed by atoms with van der Waals surface area (Å²) in [6, 6.07) is -0.593. The quantitative estimate of drug-likeness (QED) is 0.794. The van der Waals surface area contributed by atoms with Gasteiger partial charge >= 0.3 is 0 Å². The van der Waals surface area contributed by atoms with E-state index >= 15 is 0 Å². The number of nitrogens with one attached hydrogen (secondary N) is 1. The Morgan fingerprint density at radius 1 is 1.41 bits per heavy atom. The molecule has 22 heavy (non-hydrogen) atoms. The predicted molar refractivity (Wildman–Crippen MR) is 84.7 cm³/mol. The zero-order valence-corrected chi connectivity index (χ0v) is 14.0. The molecule has 1 saturated heterocycles. The molecule has 0 amide bonds. The summed E-state index contributed by atoms with van der Waals surface area (Å²) in [4.78, 5) is 6.38. The third-order valence-corrected chi connectivity index (χ3v) is 5.02. The number of aromatic nitrogens is 1. The van der Waals surface area contributed by atoms with E-state index in [-0.39, 0.29) is 6.04 Å². The van der Waals surface area contributed by atoms with E-state index in [9.17, 15) is 8.78 Å². The Kier molecular flexibility index (Phi) is 7.14. The van der Waals surface area contributed by atoms with Crippen molar-refractivity contribution in [1.29, 1.82) is 0 Å². The molecule has 1 N–H and O–H groups in total. The Morgan fingerprint density at radius 2 is 2.14 bits per heavy atom. The molecule has 0 aromatic carbocycles. The van der Waals surface area contributed by atoms with E-state index in [1.807, 2.05) is 17.2 Å². The van der Waals surface area contributed by atoms with Crippen LogP contribution in [-0.2, 0) is 11.2 Å². The lowest BCUT2D eigenvalue weighted by Crippen LogP contribution is -2.48. The van der Waals surface area contributed by atoms with Crippen molar-refractivity contribution >= 4 is 11.3 Å². The minimum Gasteiger partial charge on any atom is -0.379 e. The van der Waals surface area contributed by atoms with Crippen LogP contribution in [0.3, 0.4) is 0 Å². The molecule has 1 aromatic heterocycles. The van der Waals surface area contributed by atoms with Crippen LogP contribution in [0, 0.1) is 0 Å². The van der Waals surface area contributed by atoms with Gasteiger partial charge in [-0.15, -0.1) is 11.3 Å². The lowest BCUT2D eigenvalue weighted by molar-refractivity contribution is -0.0359. The number of morpholine rings is 1. The van der Waals surface area contributed by atoms with Crippen LogP contribution >= 0.6 is 11.3 Å². The van der Waals surface area contributed by atoms with Gasteiger partial charge in [0.05, 0.1) is 30.0 Å². The summed E-state index contributed by atoms with van der Waals surface area (Å²) in [5, 5.41) is 6.47. The van der Waals surface area contributed by atoms with Crippen molar-refractivity contribution in [2.45, 2.75) is 45.2 Å². The van der Waals surface area contributed by atoms with Gasteiger partial charge in [-0.3, -0.25) is 4.90 Å². The van der Waals surface area contributed by atoms with Crippen LogP contribution in [-0.4, -0.2) is 55.2 Å². The highest BCUT2D eigenvalue weighted by Gasteiger charge is 2.28. The van der Waals surface area contributed by atoms with Crippen LogP contribution in [0.1, 0.15) is 37.0 Å². The van der Waals surface area contributed by atoms with E-state index in [2.05, 4.69) is 17.2 Å². The zero-order valence-electron chi connectivity index (χ0n) is 13.2. The Balaban J connectivity index is 1.79. The largest absolute Gasteiger partial charge is 0.379 e. The van der Waals surface area contributed by atoms with Crippen LogP contribution in [0.15, 0.2) is 5.38 Å². The third kappa shape index (κ3) is 4.94. The number of nitrogens with zero attached hydrogens (tertiary/aromatic N) is 2. The number of hydrogen-bond acceptors (Lipinski definition) is 5. The molecule has 0 saturated carbocycles. The van der Waals surface area contributed by atoms with Crippen molar-refractivity contribution in [3.05, 3.63) is 16.1 Å². The van der Waals surface area contributed by atoms with E-state index in [1.165, 1.54) is 0 Å². The minimum atomic E-state index is -2.32. The van der Waals surface area contributed by atoms with Gasteiger partial charge in [0, 0.05) is 24.5 Å². The van der Waals surface area contributed by atoms with Gasteiger partial charge < -0.3 is 10.1 Å². The van der Waals surface area contributed by atoms with E-state index in [4.69, 9.17) is 4.74 Å². The van der Waals surface area contributed by atoms with Gasteiger partial charge in [-0.05, 0) is 26.3 Å². The second kappa shape index (κ2) is 8.86. The molecule has 2 heterocycles. The van der Waals surface area contributed by atoms with Crippen molar-refractivity contribution in [1.82, 2.24) is 15.2 Å². The van der Waals surface area contributed by atoms with E-state index in [0.29, 0.717) is 39.3 Å². The minimum absolute atomic E-state index is 0.0968. The van der Waals surface area contributed by atoms with Gasteiger partial charge in [-0.25, -0.2) is 13.8 Å². The van der Waals surface area contributed by atoms with Gasteiger partial charge in [-0.1, -0.05) is 6.92 Å². The second-order valence-electron chi connectivity index (χ2n) is 5.53. The molecule has 1 aliphatic rings. The molecular formula is C15H25F2N3OS. The summed E-state index contributed by atoms with van der Waals surface area (Å²) >= 11 is 1.65. The Labute approximate surface area is 134 Å². The highest BCUT2D eigenvalue weighted by molar-refractivity contribution is 7.09. The molecule has 0 bridgehead atoms. The first-order chi connectivity index (χ1) is 10.6.